The average Bonchev–Trinajstić information content (AvgIpc) is 2.61. The number of carbonyl (C=O) groups is 4. The van der Waals surface area contributed by atoms with Gasteiger partial charge in [0.25, 0.3) is 0 Å². The van der Waals surface area contributed by atoms with Crippen LogP contribution < -0.4 is 22.1 Å². The Labute approximate surface area is 174 Å². The van der Waals surface area contributed by atoms with Gasteiger partial charge in [0.15, 0.2) is 0 Å². The fourth-order valence-electron chi connectivity index (χ4n) is 1.23. The molecule has 1 amide bonds. The predicted molar refractivity (Wildman–Crippen MR) is 106 cm³/mol. The maximum atomic E-state index is 11.6. The summed E-state index contributed by atoms with van der Waals surface area (Å²) in [5, 5.41) is 30.3. The zero-order valence-electron chi connectivity index (χ0n) is 14.2. The van der Waals surface area contributed by atoms with Crippen LogP contribution in [0.4, 0.5) is 0 Å². The molecular weight excluding hydrogens is 467 g/mol. The third-order valence-electron chi connectivity index (χ3n) is 2.76. The number of carboxylic acids is 3. The third-order valence-corrected chi connectivity index (χ3v) is 4.42. The largest absolute Gasteiger partial charge is 0.480 e. The molecule has 0 aliphatic heterocycles. The molecule has 2 unspecified atom stereocenters. The van der Waals surface area contributed by atoms with Gasteiger partial charge in [0.05, 0.1) is 0 Å². The molecule has 0 radical (unpaired) electrons. The number of amides is 1. The monoisotopic (exact) mass is 492 g/mol. The van der Waals surface area contributed by atoms with Crippen LogP contribution in [0.5, 0.6) is 0 Å². The second kappa shape index (κ2) is 15.7. The van der Waals surface area contributed by atoms with Crippen molar-refractivity contribution in [2.75, 3.05) is 18.1 Å². The first-order valence-corrected chi connectivity index (χ1v) is 9.55. The number of hydrogen-bond acceptors (Lipinski definition) is 9. The molecule has 0 aromatic rings. The van der Waals surface area contributed by atoms with E-state index in [-0.39, 0.29) is 36.8 Å². The van der Waals surface area contributed by atoms with Crippen molar-refractivity contribution in [3.8, 4) is 0 Å². The summed E-state index contributed by atoms with van der Waals surface area (Å²) in [6, 6.07) is -2.40. The smallest absolute Gasteiger partial charge is 0.321 e. The van der Waals surface area contributed by atoms with Gasteiger partial charge in [0, 0.05) is 5.75 Å². The van der Waals surface area contributed by atoms with Gasteiger partial charge in [-0.05, 0) is 0 Å². The Bertz CT molecular complexity index is 539. The van der Waals surface area contributed by atoms with Gasteiger partial charge in [-0.2, -0.15) is 12.6 Å². The maximum absolute atomic E-state index is 11.6. The maximum Gasteiger partial charge on any atom is 0.321 e. The van der Waals surface area contributed by atoms with Crippen LogP contribution in [0, 0.1) is 0 Å². The molecule has 0 fully saturated rings. The average molecular weight is 491 g/mol. The van der Waals surface area contributed by atoms with Crippen LogP contribution in [0.1, 0.15) is 12.8 Å². The quantitative estimate of drug-likeness (QED) is 0.0993. The van der Waals surface area contributed by atoms with Crippen LogP contribution in [0.15, 0.2) is 0 Å². The van der Waals surface area contributed by atoms with Crippen molar-refractivity contribution >= 4 is 69.2 Å². The summed E-state index contributed by atoms with van der Waals surface area (Å²) < 4.78 is 0.443. The van der Waals surface area contributed by atoms with Gasteiger partial charge in [-0.15, -0.1) is 0 Å². The number of aliphatic carboxylic acids is 3. The molecule has 0 aromatic heterocycles. The van der Waals surface area contributed by atoms with Crippen molar-refractivity contribution in [3.63, 3.8) is 0 Å². The molecule has 14 heteroatoms. The first kappa shape index (κ1) is 27.9. The first-order valence-electron chi connectivity index (χ1n) is 7.43. The minimum absolute atomic E-state index is 0.0196. The van der Waals surface area contributed by atoms with Crippen molar-refractivity contribution in [2.24, 2.45) is 11.5 Å². The summed E-state index contributed by atoms with van der Waals surface area (Å²) in [7, 11) is 0. The zero-order chi connectivity index (χ0) is 21.6. The van der Waals surface area contributed by atoms with Gasteiger partial charge in [-0.1, -0.05) is 0 Å². The van der Waals surface area contributed by atoms with Crippen LogP contribution in [0.2, 0.25) is 0 Å². The molecule has 156 valence electrons. The minimum Gasteiger partial charge on any atom is -0.480 e. The number of hydrogen-bond donors (Lipinski definition) is 9. The molecule has 0 bridgehead atoms. The Morgan fingerprint density at radius 3 is 1.81 bits per heavy atom. The molecule has 0 saturated heterocycles. The number of carbonyl (C=O) groups excluding carboxylic acids is 1. The van der Waals surface area contributed by atoms with Gasteiger partial charge < -0.3 is 10.8 Å². The van der Waals surface area contributed by atoms with E-state index < -0.39 is 36.0 Å². The number of nitrogens with two attached hydrogens (primary N) is 2. The summed E-state index contributed by atoms with van der Waals surface area (Å²) in [6.45, 7) is -0.285. The Morgan fingerprint density at radius 1 is 0.963 bits per heavy atom. The fraction of sp³-hybridized carbons (Fsp3) is 0.615. The van der Waals surface area contributed by atoms with Crippen LogP contribution in [0.25, 0.3) is 0 Å². The van der Waals surface area contributed by atoms with Crippen LogP contribution in [-0.2, 0) is 19.2 Å². The van der Waals surface area contributed by atoms with Crippen molar-refractivity contribution in [1.29, 1.82) is 0 Å². The molecule has 0 aliphatic carbocycles. The molecule has 0 aromatic carbocycles. The Morgan fingerprint density at radius 2 is 1.48 bits per heavy atom. The van der Waals surface area contributed by atoms with Crippen molar-refractivity contribution in [2.45, 2.75) is 31.0 Å². The molecule has 11 nitrogen and oxygen atoms in total. The Balaban J connectivity index is 0. The van der Waals surface area contributed by atoms with Crippen LogP contribution in [-0.4, -0.2) is 95.4 Å². The van der Waals surface area contributed by atoms with E-state index in [1.807, 2.05) is 0 Å². The van der Waals surface area contributed by atoms with E-state index in [9.17, 15) is 19.2 Å². The SMILES string of the molecule is NC(CCC(=O)NC(CS)C(=[Se])NCC(=O)O)C(=O)O.N[C@@H](CS)C(=O)O. The van der Waals surface area contributed by atoms with E-state index in [0.29, 0.717) is 4.54 Å². The molecule has 0 aliphatic rings. The molecule has 9 N–H and O–H groups in total. The van der Waals surface area contributed by atoms with Crippen molar-refractivity contribution < 1.29 is 34.5 Å². The number of thiol groups is 2. The second-order valence-corrected chi connectivity index (χ2v) is 6.68. The summed E-state index contributed by atoms with van der Waals surface area (Å²) in [4.78, 5) is 42.3. The summed E-state index contributed by atoms with van der Waals surface area (Å²) in [6.07, 6.45) is -0.0181. The van der Waals surface area contributed by atoms with Gasteiger partial charge in [-0.3, -0.25) is 4.79 Å². The second-order valence-electron chi connectivity index (χ2n) is 5.02. The summed E-state index contributed by atoms with van der Waals surface area (Å²) in [5.74, 6) is -3.14. The van der Waals surface area contributed by atoms with Crippen molar-refractivity contribution in [3.05, 3.63) is 0 Å². The molecule has 27 heavy (non-hydrogen) atoms. The summed E-state index contributed by atoms with van der Waals surface area (Å²) in [5.41, 5.74) is 10.2. The van der Waals surface area contributed by atoms with E-state index in [1.54, 1.807) is 0 Å². The normalized spacial score (nSPS) is 13.2. The number of nitrogens with one attached hydrogen (secondary N) is 2. The molecule has 0 saturated carbocycles. The summed E-state index contributed by atoms with van der Waals surface area (Å²) >= 11 is 10.3. The Hall–Kier alpha value is -1.31. The van der Waals surface area contributed by atoms with Crippen molar-refractivity contribution in [1.82, 2.24) is 10.6 Å². The van der Waals surface area contributed by atoms with Crippen LogP contribution in [0.3, 0.4) is 0 Å². The standard InChI is InChI=1S/C10H17N3O5SSe.C3H7NO2S/c11-5(10(17)18)1-2-7(14)13-6(4-19)9(20)12-3-8(15)16;4-2(1-7)3(5)6/h5-6,19H,1-4,11H2,(H,12,20)(H,13,14)(H,15,16)(H,17,18);2,7H,1,4H2,(H,5,6)/t;2-/m.0/s1. The molecule has 0 spiro atoms. The van der Waals surface area contributed by atoms with E-state index in [1.165, 1.54) is 0 Å². The molecule has 0 rings (SSSR count). The van der Waals surface area contributed by atoms with E-state index in [0.717, 1.165) is 0 Å². The molecule has 0 heterocycles. The number of rotatable bonds is 12. The molecular formula is C13H24N4O7S2Se. The van der Waals surface area contributed by atoms with E-state index in [2.05, 4.69) is 51.5 Å². The van der Waals surface area contributed by atoms with E-state index >= 15 is 0 Å². The topological polar surface area (TPSA) is 205 Å². The van der Waals surface area contributed by atoms with Gasteiger partial charge in [-0.25, -0.2) is 0 Å². The van der Waals surface area contributed by atoms with Crippen LogP contribution >= 0.6 is 25.3 Å². The zero-order valence-corrected chi connectivity index (χ0v) is 17.7. The molecule has 3 atom stereocenters. The van der Waals surface area contributed by atoms with E-state index in [4.69, 9.17) is 26.8 Å². The fourth-order valence-corrected chi connectivity index (χ4v) is 2.39. The number of carboxylic acid groups (broad SMARTS) is 3. The third kappa shape index (κ3) is 15.4. The predicted octanol–water partition coefficient (Wildman–Crippen LogP) is -3.11. The Kier molecular flexibility index (Phi) is 16.2. The minimum atomic E-state index is -1.16. The first-order chi connectivity index (χ1) is 12.5. The van der Waals surface area contributed by atoms with Gasteiger partial charge in [0.2, 0.25) is 0 Å². The van der Waals surface area contributed by atoms with Gasteiger partial charge >= 0.3 is 135 Å². The van der Waals surface area contributed by atoms with Gasteiger partial charge in [0.1, 0.15) is 6.04 Å².